The van der Waals surface area contributed by atoms with Crippen molar-refractivity contribution in [2.45, 2.75) is 52.2 Å². The molecule has 0 unspecified atom stereocenters. The van der Waals surface area contributed by atoms with Gasteiger partial charge in [0.1, 0.15) is 11.8 Å². The van der Waals surface area contributed by atoms with Crippen molar-refractivity contribution in [3.8, 4) is 5.75 Å². The highest BCUT2D eigenvalue weighted by molar-refractivity contribution is 6.35. The molecule has 162 valence electrons. The Bertz CT molecular complexity index is 889. The molecule has 0 spiro atoms. The van der Waals surface area contributed by atoms with E-state index in [1.54, 1.807) is 37.1 Å². The molecule has 0 fully saturated rings. The zero-order chi connectivity index (χ0) is 22.3. The third-order valence-electron chi connectivity index (χ3n) is 5.01. The summed E-state index contributed by atoms with van der Waals surface area (Å²) >= 11 is 12.2. The van der Waals surface area contributed by atoms with Crippen LogP contribution in [-0.4, -0.2) is 35.9 Å². The fourth-order valence-corrected chi connectivity index (χ4v) is 3.42. The van der Waals surface area contributed by atoms with Crippen molar-refractivity contribution in [3.63, 3.8) is 0 Å². The van der Waals surface area contributed by atoms with E-state index in [2.05, 4.69) is 5.32 Å². The molecular weight excluding hydrogens is 423 g/mol. The lowest BCUT2D eigenvalue weighted by atomic mass is 10.1. The molecule has 5 nitrogen and oxygen atoms in total. The summed E-state index contributed by atoms with van der Waals surface area (Å²) in [6, 6.07) is 11.9. The highest BCUT2D eigenvalue weighted by Gasteiger charge is 2.27. The van der Waals surface area contributed by atoms with Crippen LogP contribution >= 0.6 is 23.2 Å². The molecule has 0 aliphatic rings. The van der Waals surface area contributed by atoms with Crippen LogP contribution in [0.2, 0.25) is 10.0 Å². The summed E-state index contributed by atoms with van der Waals surface area (Å²) in [7, 11) is 1.59. The third kappa shape index (κ3) is 6.64. The molecule has 0 aliphatic heterocycles. The number of nitrogens with zero attached hydrogens (tertiary/aromatic N) is 1. The van der Waals surface area contributed by atoms with Gasteiger partial charge in [-0.3, -0.25) is 9.59 Å². The van der Waals surface area contributed by atoms with Gasteiger partial charge in [-0.15, -0.1) is 0 Å². The summed E-state index contributed by atoms with van der Waals surface area (Å²) in [6.45, 7) is 5.94. The summed E-state index contributed by atoms with van der Waals surface area (Å²) in [4.78, 5) is 27.6. The van der Waals surface area contributed by atoms with E-state index in [1.807, 2.05) is 38.1 Å². The second-order valence-electron chi connectivity index (χ2n) is 7.28. The average molecular weight is 451 g/mol. The molecule has 1 N–H and O–H groups in total. The minimum Gasteiger partial charge on any atom is -0.497 e. The molecular formula is C23H28Cl2N2O3. The lowest BCUT2D eigenvalue weighted by Gasteiger charge is -2.30. The van der Waals surface area contributed by atoms with Crippen LogP contribution in [-0.2, 0) is 22.6 Å². The molecule has 2 amide bonds. The highest BCUT2D eigenvalue weighted by atomic mass is 35.5. The number of carbonyl (C=O) groups is 2. The van der Waals surface area contributed by atoms with Crippen LogP contribution in [0.15, 0.2) is 42.5 Å². The van der Waals surface area contributed by atoms with Crippen LogP contribution in [0.1, 0.15) is 38.3 Å². The Morgan fingerprint density at radius 2 is 1.87 bits per heavy atom. The normalized spacial score (nSPS) is 12.7. The first-order valence-corrected chi connectivity index (χ1v) is 10.7. The van der Waals surface area contributed by atoms with Crippen molar-refractivity contribution in [2.24, 2.45) is 0 Å². The zero-order valence-electron chi connectivity index (χ0n) is 17.7. The molecule has 0 saturated heterocycles. The van der Waals surface area contributed by atoms with Gasteiger partial charge in [0, 0.05) is 22.6 Å². The van der Waals surface area contributed by atoms with Gasteiger partial charge in [-0.1, -0.05) is 48.3 Å². The third-order valence-corrected chi connectivity index (χ3v) is 5.60. The molecule has 0 aromatic heterocycles. The maximum absolute atomic E-state index is 13.2. The van der Waals surface area contributed by atoms with E-state index in [1.165, 1.54) is 0 Å². The second-order valence-corrected chi connectivity index (χ2v) is 8.12. The number of carbonyl (C=O) groups excluding carboxylic acids is 2. The maximum atomic E-state index is 13.2. The van der Waals surface area contributed by atoms with Gasteiger partial charge in [0.25, 0.3) is 0 Å². The quantitative estimate of drug-likeness (QED) is 0.592. The number of ether oxygens (including phenoxy) is 1. The first-order valence-electron chi connectivity index (χ1n) is 9.91. The van der Waals surface area contributed by atoms with Gasteiger partial charge in [0.05, 0.1) is 13.5 Å². The minimum absolute atomic E-state index is 0.0273. The molecule has 0 aliphatic carbocycles. The van der Waals surface area contributed by atoms with E-state index in [4.69, 9.17) is 27.9 Å². The molecule has 0 radical (unpaired) electrons. The molecule has 7 heteroatoms. The van der Waals surface area contributed by atoms with Gasteiger partial charge >= 0.3 is 0 Å². The van der Waals surface area contributed by atoms with Gasteiger partial charge in [-0.25, -0.2) is 0 Å². The summed E-state index contributed by atoms with van der Waals surface area (Å²) in [5.41, 5.74) is 1.53. The van der Waals surface area contributed by atoms with Crippen molar-refractivity contribution in [1.82, 2.24) is 10.2 Å². The van der Waals surface area contributed by atoms with Crippen molar-refractivity contribution in [2.75, 3.05) is 7.11 Å². The fraction of sp³-hybridized carbons (Fsp3) is 0.391. The number of amides is 2. The van der Waals surface area contributed by atoms with Crippen molar-refractivity contribution in [3.05, 3.63) is 63.6 Å². The van der Waals surface area contributed by atoms with E-state index in [9.17, 15) is 9.59 Å². The molecule has 2 rings (SSSR count). The standard InChI is InChI=1S/C23H28Cl2N2O3/c1-5-15(2)26-23(29)16(3)27(14-17-7-6-8-20(11-17)30-4)22(28)12-18-9-10-19(24)13-21(18)25/h6-11,13,15-16H,5,12,14H2,1-4H3,(H,26,29)/t15-,16+/m1/s1. The smallest absolute Gasteiger partial charge is 0.242 e. The van der Waals surface area contributed by atoms with Crippen LogP contribution in [0.5, 0.6) is 5.75 Å². The number of benzene rings is 2. The van der Waals surface area contributed by atoms with Crippen molar-refractivity contribution in [1.29, 1.82) is 0 Å². The number of nitrogens with one attached hydrogen (secondary N) is 1. The molecule has 0 bridgehead atoms. The van der Waals surface area contributed by atoms with E-state index >= 15 is 0 Å². The summed E-state index contributed by atoms with van der Waals surface area (Å²) in [5, 5.41) is 3.88. The van der Waals surface area contributed by atoms with Crippen LogP contribution in [0, 0.1) is 0 Å². The monoisotopic (exact) mass is 450 g/mol. The minimum atomic E-state index is -0.649. The van der Waals surface area contributed by atoms with E-state index in [-0.39, 0.29) is 30.8 Å². The number of rotatable bonds is 9. The Kier molecular flexibility index (Phi) is 9.00. The van der Waals surface area contributed by atoms with Gasteiger partial charge in [-0.05, 0) is 55.7 Å². The Labute approximate surface area is 188 Å². The van der Waals surface area contributed by atoms with Crippen LogP contribution < -0.4 is 10.1 Å². The summed E-state index contributed by atoms with van der Waals surface area (Å²) in [6.07, 6.45) is 0.879. The van der Waals surface area contributed by atoms with Gasteiger partial charge in [0.15, 0.2) is 0 Å². The lowest BCUT2D eigenvalue weighted by Crippen LogP contribution is -2.49. The summed E-state index contributed by atoms with van der Waals surface area (Å²) in [5.74, 6) is 0.300. The second kappa shape index (κ2) is 11.2. The number of methoxy groups -OCH3 is 1. The van der Waals surface area contributed by atoms with Crippen molar-refractivity contribution >= 4 is 35.0 Å². The van der Waals surface area contributed by atoms with E-state index in [0.717, 1.165) is 12.0 Å². The number of halogens is 2. The van der Waals surface area contributed by atoms with Gasteiger partial charge in [-0.2, -0.15) is 0 Å². The SMILES string of the molecule is CC[C@@H](C)NC(=O)[C@H](C)N(Cc1cccc(OC)c1)C(=O)Cc1ccc(Cl)cc1Cl. The van der Waals surface area contributed by atoms with Gasteiger partial charge in [0.2, 0.25) is 11.8 Å². The molecule has 2 aromatic rings. The Balaban J connectivity index is 2.28. The lowest BCUT2D eigenvalue weighted by molar-refractivity contribution is -0.140. The van der Waals surface area contributed by atoms with E-state index in [0.29, 0.717) is 21.4 Å². The predicted molar refractivity (Wildman–Crippen MR) is 121 cm³/mol. The largest absolute Gasteiger partial charge is 0.497 e. The Morgan fingerprint density at radius 3 is 2.50 bits per heavy atom. The highest BCUT2D eigenvalue weighted by Crippen LogP contribution is 2.23. The molecule has 2 aromatic carbocycles. The molecule has 0 saturated carbocycles. The van der Waals surface area contributed by atoms with E-state index < -0.39 is 6.04 Å². The Hall–Kier alpha value is -2.24. The van der Waals surface area contributed by atoms with Crippen LogP contribution in [0.3, 0.4) is 0 Å². The Morgan fingerprint density at radius 1 is 1.13 bits per heavy atom. The fourth-order valence-electron chi connectivity index (χ4n) is 2.95. The number of hydrogen-bond acceptors (Lipinski definition) is 3. The predicted octanol–water partition coefficient (Wildman–Crippen LogP) is 4.88. The summed E-state index contributed by atoms with van der Waals surface area (Å²) < 4.78 is 5.28. The van der Waals surface area contributed by atoms with Gasteiger partial charge < -0.3 is 15.0 Å². The van der Waals surface area contributed by atoms with Crippen LogP contribution in [0.25, 0.3) is 0 Å². The maximum Gasteiger partial charge on any atom is 0.242 e. The molecule has 30 heavy (non-hydrogen) atoms. The first kappa shape index (κ1) is 24.0. The molecule has 2 atom stereocenters. The van der Waals surface area contributed by atoms with Crippen molar-refractivity contribution < 1.29 is 14.3 Å². The topological polar surface area (TPSA) is 58.6 Å². The first-order chi connectivity index (χ1) is 14.2. The number of hydrogen-bond donors (Lipinski definition) is 1. The zero-order valence-corrected chi connectivity index (χ0v) is 19.3. The average Bonchev–Trinajstić information content (AvgIpc) is 2.73. The van der Waals surface area contributed by atoms with Crippen LogP contribution in [0.4, 0.5) is 0 Å². The molecule has 0 heterocycles.